The van der Waals surface area contributed by atoms with Crippen LogP contribution in [0.15, 0.2) is 53.9 Å². The van der Waals surface area contributed by atoms with Crippen molar-refractivity contribution in [2.24, 2.45) is 0 Å². The predicted octanol–water partition coefficient (Wildman–Crippen LogP) is 4.64. The quantitative estimate of drug-likeness (QED) is 0.535. The highest BCUT2D eigenvalue weighted by Crippen LogP contribution is 2.26. The smallest absolute Gasteiger partial charge is 0.308 e. The maximum absolute atomic E-state index is 12.3. The van der Waals surface area contributed by atoms with Gasteiger partial charge in [0, 0.05) is 28.5 Å². The second-order valence-electron chi connectivity index (χ2n) is 5.12. The molecule has 0 spiro atoms. The number of halogens is 1. The minimum absolute atomic E-state index is 0.286. The number of carbonyl (C=O) groups is 2. The summed E-state index contributed by atoms with van der Waals surface area (Å²) in [7, 11) is 0. The Kier molecular flexibility index (Phi) is 5.11. The zero-order valence-corrected chi connectivity index (χ0v) is 14.7. The van der Waals surface area contributed by atoms with Crippen LogP contribution in [0, 0.1) is 0 Å². The molecule has 0 aliphatic rings. The van der Waals surface area contributed by atoms with Gasteiger partial charge >= 0.3 is 5.97 Å². The third kappa shape index (κ3) is 4.43. The SMILES string of the molecule is CC(=O)Oc1ccc(C(=O)Nc2nc(-c3ccc(Cl)cc3)cs2)cc1. The summed E-state index contributed by atoms with van der Waals surface area (Å²) in [6, 6.07) is 13.6. The van der Waals surface area contributed by atoms with Crippen molar-refractivity contribution in [2.45, 2.75) is 6.92 Å². The molecule has 5 nitrogen and oxygen atoms in total. The van der Waals surface area contributed by atoms with E-state index < -0.39 is 5.97 Å². The number of nitrogens with zero attached hydrogens (tertiary/aromatic N) is 1. The van der Waals surface area contributed by atoms with Crippen molar-refractivity contribution >= 4 is 39.9 Å². The van der Waals surface area contributed by atoms with Crippen LogP contribution < -0.4 is 10.1 Å². The van der Waals surface area contributed by atoms with Gasteiger partial charge in [-0.15, -0.1) is 11.3 Å². The van der Waals surface area contributed by atoms with Crippen LogP contribution in [0.3, 0.4) is 0 Å². The molecule has 3 rings (SSSR count). The summed E-state index contributed by atoms with van der Waals surface area (Å²) in [5.41, 5.74) is 2.13. The van der Waals surface area contributed by atoms with E-state index in [0.717, 1.165) is 11.3 Å². The number of rotatable bonds is 4. The van der Waals surface area contributed by atoms with Crippen molar-refractivity contribution in [2.75, 3.05) is 5.32 Å². The summed E-state index contributed by atoms with van der Waals surface area (Å²) in [5.74, 6) is -0.301. The Bertz CT molecular complexity index is 905. The molecule has 0 aliphatic heterocycles. The molecule has 3 aromatic rings. The maximum Gasteiger partial charge on any atom is 0.308 e. The van der Waals surface area contributed by atoms with E-state index >= 15 is 0 Å². The van der Waals surface area contributed by atoms with Gasteiger partial charge in [0.05, 0.1) is 5.69 Å². The standard InChI is InChI=1S/C18H13ClN2O3S/c1-11(22)24-15-8-4-13(5-9-15)17(23)21-18-20-16(10-25-18)12-2-6-14(19)7-3-12/h2-10H,1H3,(H,20,21,23). The lowest BCUT2D eigenvalue weighted by molar-refractivity contribution is -0.131. The van der Waals surface area contributed by atoms with Gasteiger partial charge in [-0.2, -0.15) is 0 Å². The fourth-order valence-corrected chi connectivity index (χ4v) is 2.93. The van der Waals surface area contributed by atoms with E-state index in [4.69, 9.17) is 16.3 Å². The largest absolute Gasteiger partial charge is 0.427 e. The monoisotopic (exact) mass is 372 g/mol. The summed E-state index contributed by atoms with van der Waals surface area (Å²) < 4.78 is 4.94. The van der Waals surface area contributed by atoms with E-state index in [1.54, 1.807) is 36.4 Å². The topological polar surface area (TPSA) is 68.3 Å². The van der Waals surface area contributed by atoms with Crippen LogP contribution in [0.1, 0.15) is 17.3 Å². The fraction of sp³-hybridized carbons (Fsp3) is 0.0556. The van der Waals surface area contributed by atoms with Crippen LogP contribution in [0.4, 0.5) is 5.13 Å². The number of amides is 1. The molecule has 25 heavy (non-hydrogen) atoms. The Labute approximate surface area is 153 Å². The third-order valence-electron chi connectivity index (χ3n) is 3.24. The van der Waals surface area contributed by atoms with Gasteiger partial charge in [-0.3, -0.25) is 14.9 Å². The lowest BCUT2D eigenvalue weighted by atomic mass is 10.2. The number of benzene rings is 2. The van der Waals surface area contributed by atoms with E-state index in [9.17, 15) is 9.59 Å². The summed E-state index contributed by atoms with van der Waals surface area (Å²) >= 11 is 7.22. The van der Waals surface area contributed by atoms with Crippen molar-refractivity contribution in [1.82, 2.24) is 4.98 Å². The average molecular weight is 373 g/mol. The van der Waals surface area contributed by atoms with Gasteiger partial charge in [-0.1, -0.05) is 23.7 Å². The first kappa shape index (κ1) is 17.1. The lowest BCUT2D eigenvalue weighted by Gasteiger charge is -2.04. The summed E-state index contributed by atoms with van der Waals surface area (Å²) in [6.07, 6.45) is 0. The Morgan fingerprint density at radius 2 is 1.76 bits per heavy atom. The molecule has 0 radical (unpaired) electrons. The average Bonchev–Trinajstić information content (AvgIpc) is 3.04. The normalized spacial score (nSPS) is 10.3. The number of hydrogen-bond acceptors (Lipinski definition) is 5. The molecule has 0 bridgehead atoms. The highest BCUT2D eigenvalue weighted by Gasteiger charge is 2.10. The van der Waals surface area contributed by atoms with Gasteiger partial charge in [0.15, 0.2) is 5.13 Å². The highest BCUT2D eigenvalue weighted by molar-refractivity contribution is 7.14. The number of ether oxygens (including phenoxy) is 1. The zero-order valence-electron chi connectivity index (χ0n) is 13.2. The Morgan fingerprint density at radius 1 is 1.08 bits per heavy atom. The number of anilines is 1. The van der Waals surface area contributed by atoms with Gasteiger partial charge in [0.2, 0.25) is 0 Å². The first-order valence-electron chi connectivity index (χ1n) is 7.32. The first-order chi connectivity index (χ1) is 12.0. The number of thiazole rings is 1. The van der Waals surface area contributed by atoms with Crippen molar-refractivity contribution in [3.8, 4) is 17.0 Å². The molecular formula is C18H13ClN2O3S. The van der Waals surface area contributed by atoms with Crippen LogP contribution in [0.2, 0.25) is 5.02 Å². The van der Waals surface area contributed by atoms with Gasteiger partial charge in [-0.05, 0) is 36.4 Å². The summed E-state index contributed by atoms with van der Waals surface area (Å²) in [5, 5.41) is 5.77. The molecular weight excluding hydrogens is 360 g/mol. The van der Waals surface area contributed by atoms with Crippen LogP contribution in [0.25, 0.3) is 11.3 Å². The Morgan fingerprint density at radius 3 is 2.40 bits per heavy atom. The summed E-state index contributed by atoms with van der Waals surface area (Å²) in [6.45, 7) is 1.32. The van der Waals surface area contributed by atoms with E-state index in [-0.39, 0.29) is 5.91 Å². The molecule has 0 unspecified atom stereocenters. The van der Waals surface area contributed by atoms with E-state index in [0.29, 0.717) is 21.5 Å². The second kappa shape index (κ2) is 7.46. The minimum Gasteiger partial charge on any atom is -0.427 e. The molecule has 1 amide bonds. The van der Waals surface area contributed by atoms with Crippen LogP contribution in [-0.2, 0) is 4.79 Å². The molecule has 126 valence electrons. The third-order valence-corrected chi connectivity index (χ3v) is 4.25. The van der Waals surface area contributed by atoms with Crippen molar-refractivity contribution in [3.05, 3.63) is 64.5 Å². The molecule has 0 saturated heterocycles. The summed E-state index contributed by atoms with van der Waals surface area (Å²) in [4.78, 5) is 27.6. The number of carbonyl (C=O) groups excluding carboxylic acids is 2. The number of hydrogen-bond donors (Lipinski definition) is 1. The molecule has 7 heteroatoms. The molecule has 1 heterocycles. The fourth-order valence-electron chi connectivity index (χ4n) is 2.09. The minimum atomic E-state index is -0.408. The van der Waals surface area contributed by atoms with Crippen molar-refractivity contribution < 1.29 is 14.3 Å². The molecule has 1 aromatic heterocycles. The Hall–Kier alpha value is -2.70. The molecule has 2 aromatic carbocycles. The predicted molar refractivity (Wildman–Crippen MR) is 98.3 cm³/mol. The van der Waals surface area contributed by atoms with Gasteiger partial charge in [0.25, 0.3) is 5.91 Å². The van der Waals surface area contributed by atoms with Gasteiger partial charge in [0.1, 0.15) is 5.75 Å². The zero-order chi connectivity index (χ0) is 17.8. The number of aromatic nitrogens is 1. The highest BCUT2D eigenvalue weighted by atomic mass is 35.5. The van der Waals surface area contributed by atoms with Crippen LogP contribution in [0.5, 0.6) is 5.75 Å². The van der Waals surface area contributed by atoms with Gasteiger partial charge in [-0.25, -0.2) is 4.98 Å². The number of esters is 1. The van der Waals surface area contributed by atoms with E-state index in [1.807, 2.05) is 17.5 Å². The second-order valence-corrected chi connectivity index (χ2v) is 6.41. The Balaban J connectivity index is 1.69. The van der Waals surface area contributed by atoms with Crippen molar-refractivity contribution in [1.29, 1.82) is 0 Å². The van der Waals surface area contributed by atoms with Crippen LogP contribution in [-0.4, -0.2) is 16.9 Å². The molecule has 0 fully saturated rings. The van der Waals surface area contributed by atoms with E-state index in [2.05, 4.69) is 10.3 Å². The van der Waals surface area contributed by atoms with Crippen molar-refractivity contribution in [3.63, 3.8) is 0 Å². The van der Waals surface area contributed by atoms with Gasteiger partial charge < -0.3 is 4.74 Å². The molecule has 1 N–H and O–H groups in total. The molecule has 0 saturated carbocycles. The first-order valence-corrected chi connectivity index (χ1v) is 8.58. The molecule has 0 aliphatic carbocycles. The maximum atomic E-state index is 12.3. The lowest BCUT2D eigenvalue weighted by Crippen LogP contribution is -2.11. The van der Waals surface area contributed by atoms with E-state index in [1.165, 1.54) is 18.3 Å². The molecule has 0 atom stereocenters. The van der Waals surface area contributed by atoms with Crippen LogP contribution >= 0.6 is 22.9 Å². The number of nitrogens with one attached hydrogen (secondary N) is 1.